The summed E-state index contributed by atoms with van der Waals surface area (Å²) in [5, 5.41) is 0. The fourth-order valence-corrected chi connectivity index (χ4v) is 2.24. The number of Topliss-reactive ketones (excluding diaryl/α,β-unsaturated/α-hetero) is 1. The van der Waals surface area contributed by atoms with Crippen LogP contribution in [0.4, 0.5) is 0 Å². The van der Waals surface area contributed by atoms with Gasteiger partial charge in [-0.3, -0.25) is 9.59 Å². The third-order valence-corrected chi connectivity index (χ3v) is 3.19. The van der Waals surface area contributed by atoms with Crippen LogP contribution in [0.5, 0.6) is 0 Å². The average Bonchev–Trinajstić information content (AvgIpc) is 2.11. The average molecular weight is 212 g/mol. The van der Waals surface area contributed by atoms with Crippen molar-refractivity contribution in [2.45, 2.75) is 46.6 Å². The molecule has 86 valence electrons. The van der Waals surface area contributed by atoms with Crippen molar-refractivity contribution < 1.29 is 14.3 Å². The second-order valence-corrected chi connectivity index (χ2v) is 4.84. The Balaban J connectivity index is 2.74. The highest BCUT2D eigenvalue weighted by atomic mass is 16.5. The van der Waals surface area contributed by atoms with Crippen LogP contribution in [0.25, 0.3) is 0 Å². The second kappa shape index (κ2) is 4.77. The molecule has 0 amide bonds. The molecule has 3 atom stereocenters. The molecule has 15 heavy (non-hydrogen) atoms. The first kappa shape index (κ1) is 12.2. The SMILES string of the molecule is CC(=O)O[C@H]1C(=O)[C@H](C(C)C)CC[C@@H]1C. The molecule has 1 rings (SSSR count). The summed E-state index contributed by atoms with van der Waals surface area (Å²) < 4.78 is 5.11. The van der Waals surface area contributed by atoms with E-state index in [1.54, 1.807) is 0 Å². The van der Waals surface area contributed by atoms with Gasteiger partial charge in [0.15, 0.2) is 11.9 Å². The van der Waals surface area contributed by atoms with E-state index < -0.39 is 6.10 Å². The molecular formula is C12H20O3. The first-order valence-corrected chi connectivity index (χ1v) is 5.64. The summed E-state index contributed by atoms with van der Waals surface area (Å²) in [6.07, 6.45) is 1.38. The standard InChI is InChI=1S/C12H20O3/c1-7(2)10-6-5-8(3)12(11(10)14)15-9(4)13/h7-8,10,12H,5-6H2,1-4H3/t8-,10-,12+/m0/s1. The summed E-state index contributed by atoms with van der Waals surface area (Å²) in [4.78, 5) is 22.9. The van der Waals surface area contributed by atoms with Crippen LogP contribution in [0.15, 0.2) is 0 Å². The highest BCUT2D eigenvalue weighted by Gasteiger charge is 2.39. The largest absolute Gasteiger partial charge is 0.454 e. The summed E-state index contributed by atoms with van der Waals surface area (Å²) in [5.74, 6) is 0.313. The Hall–Kier alpha value is -0.860. The van der Waals surface area contributed by atoms with E-state index in [9.17, 15) is 9.59 Å². The number of carbonyl (C=O) groups excluding carboxylic acids is 2. The van der Waals surface area contributed by atoms with Crippen molar-refractivity contribution in [2.24, 2.45) is 17.8 Å². The first-order chi connectivity index (χ1) is 6.93. The minimum Gasteiger partial charge on any atom is -0.454 e. The van der Waals surface area contributed by atoms with Gasteiger partial charge in [0, 0.05) is 18.8 Å². The van der Waals surface area contributed by atoms with Crippen LogP contribution in [-0.2, 0) is 14.3 Å². The molecule has 0 saturated heterocycles. The molecular weight excluding hydrogens is 192 g/mol. The zero-order valence-electron chi connectivity index (χ0n) is 9.95. The number of hydrogen-bond donors (Lipinski definition) is 0. The Kier molecular flexibility index (Phi) is 3.89. The summed E-state index contributed by atoms with van der Waals surface area (Å²) in [6, 6.07) is 0. The summed E-state index contributed by atoms with van der Waals surface area (Å²) in [7, 11) is 0. The first-order valence-electron chi connectivity index (χ1n) is 5.64. The molecule has 0 aromatic heterocycles. The molecule has 1 aliphatic rings. The molecule has 3 heteroatoms. The van der Waals surface area contributed by atoms with Crippen molar-refractivity contribution in [1.82, 2.24) is 0 Å². The molecule has 0 heterocycles. The van der Waals surface area contributed by atoms with Gasteiger partial charge in [0.05, 0.1) is 0 Å². The van der Waals surface area contributed by atoms with Crippen LogP contribution in [0, 0.1) is 17.8 Å². The molecule has 0 aromatic carbocycles. The smallest absolute Gasteiger partial charge is 0.303 e. The fraction of sp³-hybridized carbons (Fsp3) is 0.833. The van der Waals surface area contributed by atoms with E-state index in [1.807, 2.05) is 20.8 Å². The highest BCUT2D eigenvalue weighted by Crippen LogP contribution is 2.32. The number of esters is 1. The van der Waals surface area contributed by atoms with Crippen LogP contribution in [0.1, 0.15) is 40.5 Å². The molecule has 1 aliphatic carbocycles. The van der Waals surface area contributed by atoms with Gasteiger partial charge in [-0.05, 0) is 18.8 Å². The quantitative estimate of drug-likeness (QED) is 0.659. The molecule has 0 aromatic rings. The van der Waals surface area contributed by atoms with E-state index in [-0.39, 0.29) is 23.6 Å². The van der Waals surface area contributed by atoms with Crippen molar-refractivity contribution in [3.63, 3.8) is 0 Å². The number of ether oxygens (including phenoxy) is 1. The van der Waals surface area contributed by atoms with Gasteiger partial charge in [0.25, 0.3) is 0 Å². The van der Waals surface area contributed by atoms with E-state index in [1.165, 1.54) is 6.92 Å². The third kappa shape index (κ3) is 2.80. The normalized spacial score (nSPS) is 31.8. The topological polar surface area (TPSA) is 43.4 Å². The van der Waals surface area contributed by atoms with Crippen molar-refractivity contribution in [3.8, 4) is 0 Å². The Bertz CT molecular complexity index is 258. The van der Waals surface area contributed by atoms with Crippen LogP contribution in [0.3, 0.4) is 0 Å². The lowest BCUT2D eigenvalue weighted by Crippen LogP contribution is -2.43. The third-order valence-electron chi connectivity index (χ3n) is 3.19. The predicted molar refractivity (Wildman–Crippen MR) is 57.3 cm³/mol. The van der Waals surface area contributed by atoms with Gasteiger partial charge < -0.3 is 4.74 Å². The Morgan fingerprint density at radius 1 is 1.40 bits per heavy atom. The van der Waals surface area contributed by atoms with Crippen LogP contribution in [-0.4, -0.2) is 17.9 Å². The minimum absolute atomic E-state index is 0.0607. The van der Waals surface area contributed by atoms with Crippen LogP contribution in [0.2, 0.25) is 0 Å². The molecule has 1 saturated carbocycles. The van der Waals surface area contributed by atoms with E-state index in [4.69, 9.17) is 4.74 Å². The molecule has 0 radical (unpaired) electrons. The van der Waals surface area contributed by atoms with Gasteiger partial charge in [-0.2, -0.15) is 0 Å². The lowest BCUT2D eigenvalue weighted by molar-refractivity contribution is -0.161. The zero-order valence-corrected chi connectivity index (χ0v) is 9.95. The maximum absolute atomic E-state index is 12.0. The predicted octanol–water partition coefficient (Wildman–Crippen LogP) is 2.19. The molecule has 1 fully saturated rings. The lowest BCUT2D eigenvalue weighted by atomic mass is 9.75. The van der Waals surface area contributed by atoms with Gasteiger partial charge >= 0.3 is 5.97 Å². The molecule has 0 bridgehead atoms. The molecule has 0 N–H and O–H groups in total. The molecule has 3 nitrogen and oxygen atoms in total. The number of ketones is 1. The van der Waals surface area contributed by atoms with Gasteiger partial charge in [0.1, 0.15) is 0 Å². The van der Waals surface area contributed by atoms with E-state index >= 15 is 0 Å². The van der Waals surface area contributed by atoms with E-state index in [0.29, 0.717) is 5.92 Å². The molecule has 0 aliphatic heterocycles. The zero-order chi connectivity index (χ0) is 11.6. The van der Waals surface area contributed by atoms with Crippen LogP contribution < -0.4 is 0 Å². The maximum atomic E-state index is 12.0. The van der Waals surface area contributed by atoms with Crippen molar-refractivity contribution in [1.29, 1.82) is 0 Å². The monoisotopic (exact) mass is 212 g/mol. The number of carbonyl (C=O) groups is 2. The highest BCUT2D eigenvalue weighted by molar-refractivity contribution is 5.88. The summed E-state index contributed by atoms with van der Waals surface area (Å²) in [6.45, 7) is 7.42. The van der Waals surface area contributed by atoms with E-state index in [0.717, 1.165) is 12.8 Å². The lowest BCUT2D eigenvalue weighted by Gasteiger charge is -2.33. The Morgan fingerprint density at radius 2 is 2.00 bits per heavy atom. The minimum atomic E-state index is -0.511. The summed E-state index contributed by atoms with van der Waals surface area (Å²) >= 11 is 0. The number of rotatable bonds is 2. The summed E-state index contributed by atoms with van der Waals surface area (Å²) in [5.41, 5.74) is 0. The fourth-order valence-electron chi connectivity index (χ4n) is 2.24. The van der Waals surface area contributed by atoms with Gasteiger partial charge in [-0.15, -0.1) is 0 Å². The van der Waals surface area contributed by atoms with Crippen molar-refractivity contribution >= 4 is 11.8 Å². The second-order valence-electron chi connectivity index (χ2n) is 4.84. The van der Waals surface area contributed by atoms with Gasteiger partial charge in [0.2, 0.25) is 0 Å². The van der Waals surface area contributed by atoms with Gasteiger partial charge in [-0.25, -0.2) is 0 Å². The molecule has 0 unspecified atom stereocenters. The van der Waals surface area contributed by atoms with Crippen molar-refractivity contribution in [2.75, 3.05) is 0 Å². The molecule has 0 spiro atoms. The van der Waals surface area contributed by atoms with Crippen molar-refractivity contribution in [3.05, 3.63) is 0 Å². The Morgan fingerprint density at radius 3 is 2.47 bits per heavy atom. The maximum Gasteiger partial charge on any atom is 0.303 e. The Labute approximate surface area is 91.2 Å². The van der Waals surface area contributed by atoms with E-state index in [2.05, 4.69) is 0 Å². The van der Waals surface area contributed by atoms with Crippen LogP contribution >= 0.6 is 0 Å². The number of hydrogen-bond acceptors (Lipinski definition) is 3. The van der Waals surface area contributed by atoms with Gasteiger partial charge in [-0.1, -0.05) is 20.8 Å².